The van der Waals surface area contributed by atoms with E-state index in [2.05, 4.69) is 98.6 Å². The molecule has 1 nitrogen and oxygen atoms in total. The van der Waals surface area contributed by atoms with Crippen LogP contribution in [0, 0.1) is 6.92 Å². The second-order valence-corrected chi connectivity index (χ2v) is 5.60. The number of hydrogen-bond donors (Lipinski definition) is 0. The number of allylic oxidation sites excluding steroid dienone is 1. The fraction of sp³-hybridized carbons (Fsp3) is 0.143. The Morgan fingerprint density at radius 1 is 0.864 bits per heavy atom. The molecular weight excluding hydrogens is 266 g/mol. The van der Waals surface area contributed by atoms with E-state index in [0.717, 1.165) is 0 Å². The molecule has 3 aromatic carbocycles. The molecule has 0 saturated carbocycles. The zero-order valence-corrected chi connectivity index (χ0v) is 13.4. The fourth-order valence-electron chi connectivity index (χ4n) is 2.89. The van der Waals surface area contributed by atoms with Gasteiger partial charge in [0.25, 0.3) is 0 Å². The summed E-state index contributed by atoms with van der Waals surface area (Å²) in [6.07, 6.45) is 2.18. The molecular formula is C21H21N. The third kappa shape index (κ3) is 2.62. The second kappa shape index (κ2) is 6.07. The molecule has 0 aromatic heterocycles. The van der Waals surface area contributed by atoms with Gasteiger partial charge in [-0.2, -0.15) is 0 Å². The maximum Gasteiger partial charge on any atom is 0.0444 e. The third-order valence-electron chi connectivity index (χ3n) is 4.12. The first-order valence-corrected chi connectivity index (χ1v) is 7.65. The number of nitrogens with zero attached hydrogens (tertiary/aromatic N) is 1. The monoisotopic (exact) mass is 287 g/mol. The van der Waals surface area contributed by atoms with Crippen molar-refractivity contribution in [3.05, 3.63) is 83.9 Å². The van der Waals surface area contributed by atoms with Crippen molar-refractivity contribution in [2.45, 2.75) is 13.8 Å². The lowest BCUT2D eigenvalue weighted by Gasteiger charge is -2.24. The fourth-order valence-corrected chi connectivity index (χ4v) is 2.89. The van der Waals surface area contributed by atoms with Gasteiger partial charge >= 0.3 is 0 Å². The average molecular weight is 287 g/mol. The maximum atomic E-state index is 2.25. The Balaban J connectivity index is 2.09. The summed E-state index contributed by atoms with van der Waals surface area (Å²) in [6, 6.07) is 23.7. The molecule has 0 saturated heterocycles. The van der Waals surface area contributed by atoms with Crippen molar-refractivity contribution in [1.29, 1.82) is 0 Å². The minimum Gasteiger partial charge on any atom is -0.344 e. The van der Waals surface area contributed by atoms with Crippen LogP contribution in [0.5, 0.6) is 0 Å². The van der Waals surface area contributed by atoms with Gasteiger partial charge in [-0.25, -0.2) is 0 Å². The zero-order chi connectivity index (χ0) is 15.5. The standard InChI is InChI=1S/C21H21N/c1-4-21(22(3)18-14-12-16(2)13-15-18)20-11-7-9-17-8-5-6-10-19(17)20/h4-15H,1-3H3. The van der Waals surface area contributed by atoms with Crippen LogP contribution in [0.4, 0.5) is 5.69 Å². The van der Waals surface area contributed by atoms with Crippen LogP contribution in [-0.2, 0) is 0 Å². The van der Waals surface area contributed by atoms with Gasteiger partial charge in [0, 0.05) is 24.0 Å². The van der Waals surface area contributed by atoms with Crippen LogP contribution in [0.1, 0.15) is 18.1 Å². The van der Waals surface area contributed by atoms with Gasteiger partial charge in [-0.05, 0) is 36.8 Å². The Morgan fingerprint density at radius 2 is 1.55 bits per heavy atom. The Labute approximate surface area is 132 Å². The molecule has 0 unspecified atom stereocenters. The molecule has 22 heavy (non-hydrogen) atoms. The summed E-state index contributed by atoms with van der Waals surface area (Å²) in [5.41, 5.74) is 4.97. The highest BCUT2D eigenvalue weighted by Gasteiger charge is 2.11. The van der Waals surface area contributed by atoms with E-state index in [4.69, 9.17) is 0 Å². The molecule has 3 aromatic rings. The van der Waals surface area contributed by atoms with E-state index in [1.165, 1.54) is 33.3 Å². The molecule has 0 radical (unpaired) electrons. The van der Waals surface area contributed by atoms with Gasteiger partial charge in [0.05, 0.1) is 0 Å². The molecule has 0 aliphatic carbocycles. The molecule has 1 heteroatoms. The van der Waals surface area contributed by atoms with E-state index in [0.29, 0.717) is 0 Å². The van der Waals surface area contributed by atoms with Gasteiger partial charge in [0.15, 0.2) is 0 Å². The number of anilines is 1. The van der Waals surface area contributed by atoms with Gasteiger partial charge in [-0.15, -0.1) is 0 Å². The zero-order valence-electron chi connectivity index (χ0n) is 13.4. The van der Waals surface area contributed by atoms with Crippen LogP contribution in [0.25, 0.3) is 16.5 Å². The van der Waals surface area contributed by atoms with Gasteiger partial charge in [-0.1, -0.05) is 66.2 Å². The van der Waals surface area contributed by atoms with Crippen LogP contribution in [0.15, 0.2) is 72.8 Å². The van der Waals surface area contributed by atoms with Crippen LogP contribution in [0.2, 0.25) is 0 Å². The van der Waals surface area contributed by atoms with Crippen LogP contribution in [-0.4, -0.2) is 7.05 Å². The van der Waals surface area contributed by atoms with Crippen molar-refractivity contribution in [3.8, 4) is 0 Å². The summed E-state index contributed by atoms with van der Waals surface area (Å²) in [5, 5.41) is 2.56. The number of benzene rings is 3. The second-order valence-electron chi connectivity index (χ2n) is 5.60. The van der Waals surface area contributed by atoms with Crippen molar-refractivity contribution >= 4 is 22.2 Å². The summed E-state index contributed by atoms with van der Waals surface area (Å²) in [7, 11) is 2.13. The van der Waals surface area contributed by atoms with Gasteiger partial charge in [-0.3, -0.25) is 0 Å². The minimum atomic E-state index is 1.20. The van der Waals surface area contributed by atoms with Crippen molar-refractivity contribution in [3.63, 3.8) is 0 Å². The quantitative estimate of drug-likeness (QED) is 0.602. The molecule has 0 aliphatic rings. The first-order valence-electron chi connectivity index (χ1n) is 7.65. The van der Waals surface area contributed by atoms with Crippen LogP contribution in [0.3, 0.4) is 0 Å². The van der Waals surface area contributed by atoms with Crippen LogP contribution < -0.4 is 4.90 Å². The number of aryl methyl sites for hydroxylation is 1. The highest BCUT2D eigenvalue weighted by Crippen LogP contribution is 2.30. The summed E-state index contributed by atoms with van der Waals surface area (Å²) in [4.78, 5) is 2.25. The predicted octanol–water partition coefficient (Wildman–Crippen LogP) is 5.65. The van der Waals surface area contributed by atoms with E-state index in [9.17, 15) is 0 Å². The number of fused-ring (bicyclic) bond motifs is 1. The largest absolute Gasteiger partial charge is 0.344 e. The predicted molar refractivity (Wildman–Crippen MR) is 97.2 cm³/mol. The summed E-state index contributed by atoms with van der Waals surface area (Å²) in [6.45, 7) is 4.22. The van der Waals surface area contributed by atoms with Gasteiger partial charge in [0.1, 0.15) is 0 Å². The summed E-state index contributed by atoms with van der Waals surface area (Å²) >= 11 is 0. The molecule has 3 rings (SSSR count). The van der Waals surface area contributed by atoms with E-state index in [-0.39, 0.29) is 0 Å². The SMILES string of the molecule is CC=C(c1cccc2ccccc12)N(C)c1ccc(C)cc1. The lowest BCUT2D eigenvalue weighted by Crippen LogP contribution is -2.15. The Bertz CT molecular complexity index is 807. The first kappa shape index (κ1) is 14.4. The van der Waals surface area contributed by atoms with E-state index < -0.39 is 0 Å². The van der Waals surface area contributed by atoms with Crippen molar-refractivity contribution in [2.75, 3.05) is 11.9 Å². The molecule has 0 atom stereocenters. The Hall–Kier alpha value is -2.54. The Morgan fingerprint density at radius 3 is 2.27 bits per heavy atom. The van der Waals surface area contributed by atoms with Crippen molar-refractivity contribution in [1.82, 2.24) is 0 Å². The lowest BCUT2D eigenvalue weighted by atomic mass is 10.0. The van der Waals surface area contributed by atoms with Crippen molar-refractivity contribution < 1.29 is 0 Å². The van der Waals surface area contributed by atoms with E-state index >= 15 is 0 Å². The summed E-state index contributed by atoms with van der Waals surface area (Å²) in [5.74, 6) is 0. The minimum absolute atomic E-state index is 1.20. The molecule has 0 N–H and O–H groups in total. The Kier molecular flexibility index (Phi) is 3.97. The molecule has 0 fully saturated rings. The van der Waals surface area contributed by atoms with E-state index in [1.807, 2.05) is 0 Å². The average Bonchev–Trinajstić information content (AvgIpc) is 2.56. The molecule has 110 valence electrons. The molecule has 0 bridgehead atoms. The number of rotatable bonds is 3. The smallest absolute Gasteiger partial charge is 0.0444 e. The third-order valence-corrected chi connectivity index (χ3v) is 4.12. The summed E-state index contributed by atoms with van der Waals surface area (Å²) < 4.78 is 0. The molecule has 0 amide bonds. The lowest BCUT2D eigenvalue weighted by molar-refractivity contribution is 1.21. The van der Waals surface area contributed by atoms with E-state index in [1.54, 1.807) is 0 Å². The van der Waals surface area contributed by atoms with Crippen LogP contribution >= 0.6 is 0 Å². The highest BCUT2D eigenvalue weighted by molar-refractivity contribution is 5.96. The molecule has 0 spiro atoms. The van der Waals surface area contributed by atoms with Gasteiger partial charge < -0.3 is 4.90 Å². The first-order chi connectivity index (χ1) is 10.7. The molecule has 0 heterocycles. The topological polar surface area (TPSA) is 3.24 Å². The number of hydrogen-bond acceptors (Lipinski definition) is 1. The molecule has 0 aliphatic heterocycles. The van der Waals surface area contributed by atoms with Crippen molar-refractivity contribution in [2.24, 2.45) is 0 Å². The normalized spacial score (nSPS) is 11.7. The van der Waals surface area contributed by atoms with Gasteiger partial charge in [0.2, 0.25) is 0 Å². The maximum absolute atomic E-state index is 2.25. The highest BCUT2D eigenvalue weighted by atomic mass is 15.1.